The van der Waals surface area contributed by atoms with Gasteiger partial charge in [0.15, 0.2) is 5.96 Å². The maximum atomic E-state index is 6.13. The normalized spacial score (nSPS) is 11.5. The van der Waals surface area contributed by atoms with Crippen LogP contribution in [0.4, 0.5) is 0 Å². The van der Waals surface area contributed by atoms with Crippen molar-refractivity contribution in [3.8, 4) is 0 Å². The molecule has 112 valence electrons. The number of guanidine groups is 1. The quantitative estimate of drug-likeness (QED) is 0.666. The summed E-state index contributed by atoms with van der Waals surface area (Å²) in [5.74, 6) is 1.48. The second kappa shape index (κ2) is 7.28. The molecule has 0 atom stereocenters. The van der Waals surface area contributed by atoms with Gasteiger partial charge >= 0.3 is 0 Å². The average Bonchev–Trinajstić information content (AvgIpc) is 2.86. The largest absolute Gasteiger partial charge is 0.352 e. The number of rotatable bonds is 4. The monoisotopic (exact) mass is 326 g/mol. The zero-order valence-electron chi connectivity index (χ0n) is 11.8. The van der Waals surface area contributed by atoms with Crippen molar-refractivity contribution in [2.24, 2.45) is 12.0 Å². The van der Waals surface area contributed by atoms with E-state index in [1.54, 1.807) is 23.9 Å². The summed E-state index contributed by atoms with van der Waals surface area (Å²) in [6, 6.07) is 5.41. The molecule has 0 saturated carbocycles. The highest BCUT2D eigenvalue weighted by molar-refractivity contribution is 6.35. The molecular weight excluding hydrogens is 311 g/mol. The molecule has 0 spiro atoms. The van der Waals surface area contributed by atoms with E-state index in [4.69, 9.17) is 23.2 Å². The fraction of sp³-hybridized carbons (Fsp3) is 0.308. The number of hydrogen-bond donors (Lipinski definition) is 2. The number of aryl methyl sites for hydroxylation is 1. The van der Waals surface area contributed by atoms with Crippen molar-refractivity contribution in [3.05, 3.63) is 46.0 Å². The van der Waals surface area contributed by atoms with E-state index in [0.29, 0.717) is 29.1 Å². The highest BCUT2D eigenvalue weighted by Crippen LogP contribution is 2.20. The molecule has 2 rings (SSSR count). The summed E-state index contributed by atoms with van der Waals surface area (Å²) < 4.78 is 1.70. The molecular formula is C13H16Cl2N6. The summed E-state index contributed by atoms with van der Waals surface area (Å²) in [4.78, 5) is 8.28. The number of benzene rings is 1. The Hall–Kier alpha value is -1.79. The van der Waals surface area contributed by atoms with Crippen molar-refractivity contribution in [2.45, 2.75) is 13.1 Å². The van der Waals surface area contributed by atoms with Gasteiger partial charge in [0.2, 0.25) is 0 Å². The third-order valence-corrected chi connectivity index (χ3v) is 3.49. The van der Waals surface area contributed by atoms with E-state index in [1.165, 1.54) is 6.33 Å². The summed E-state index contributed by atoms with van der Waals surface area (Å²) >= 11 is 12.0. The van der Waals surface area contributed by atoms with Crippen LogP contribution in [0.15, 0.2) is 29.5 Å². The molecule has 0 aliphatic carbocycles. The summed E-state index contributed by atoms with van der Waals surface area (Å²) in [6.45, 7) is 1.08. The molecule has 6 nitrogen and oxygen atoms in total. The summed E-state index contributed by atoms with van der Waals surface area (Å²) in [6.07, 6.45) is 1.51. The van der Waals surface area contributed by atoms with Crippen molar-refractivity contribution in [1.29, 1.82) is 0 Å². The van der Waals surface area contributed by atoms with Crippen LogP contribution in [-0.2, 0) is 20.1 Å². The van der Waals surface area contributed by atoms with E-state index in [9.17, 15) is 0 Å². The van der Waals surface area contributed by atoms with Gasteiger partial charge in [0.1, 0.15) is 12.2 Å². The first-order valence-corrected chi connectivity index (χ1v) is 7.07. The third-order valence-electron chi connectivity index (χ3n) is 2.90. The number of nitrogens with zero attached hydrogens (tertiary/aromatic N) is 4. The van der Waals surface area contributed by atoms with Crippen LogP contribution in [0.25, 0.3) is 0 Å². The molecule has 0 saturated heterocycles. The number of aliphatic imine (C=N–C) groups is 1. The van der Waals surface area contributed by atoms with E-state index >= 15 is 0 Å². The van der Waals surface area contributed by atoms with Crippen molar-refractivity contribution in [3.63, 3.8) is 0 Å². The molecule has 2 aromatic rings. The molecule has 0 aliphatic rings. The molecule has 2 N–H and O–H groups in total. The van der Waals surface area contributed by atoms with Gasteiger partial charge in [0.05, 0.1) is 6.54 Å². The van der Waals surface area contributed by atoms with Crippen LogP contribution in [0.1, 0.15) is 11.4 Å². The Balaban J connectivity index is 1.89. The van der Waals surface area contributed by atoms with Crippen molar-refractivity contribution in [1.82, 2.24) is 25.4 Å². The highest BCUT2D eigenvalue weighted by atomic mass is 35.5. The molecule has 0 unspecified atom stereocenters. The molecule has 0 radical (unpaired) electrons. The predicted molar refractivity (Wildman–Crippen MR) is 84.5 cm³/mol. The Morgan fingerprint density at radius 3 is 2.67 bits per heavy atom. The molecule has 1 heterocycles. The van der Waals surface area contributed by atoms with Crippen LogP contribution in [0.5, 0.6) is 0 Å². The van der Waals surface area contributed by atoms with Crippen LogP contribution in [-0.4, -0.2) is 27.8 Å². The zero-order valence-corrected chi connectivity index (χ0v) is 13.3. The van der Waals surface area contributed by atoms with E-state index in [0.717, 1.165) is 11.4 Å². The van der Waals surface area contributed by atoms with Crippen LogP contribution in [0, 0.1) is 0 Å². The molecule has 8 heteroatoms. The molecule has 0 bridgehead atoms. The minimum absolute atomic E-state index is 0.532. The van der Waals surface area contributed by atoms with Crippen LogP contribution < -0.4 is 10.6 Å². The fourth-order valence-corrected chi connectivity index (χ4v) is 2.18. The smallest absolute Gasteiger partial charge is 0.191 e. The van der Waals surface area contributed by atoms with Gasteiger partial charge in [0.25, 0.3) is 0 Å². The number of hydrogen-bond acceptors (Lipinski definition) is 3. The molecule has 1 aromatic carbocycles. The van der Waals surface area contributed by atoms with Gasteiger partial charge in [-0.25, -0.2) is 4.98 Å². The first kappa shape index (κ1) is 15.6. The second-order valence-electron chi connectivity index (χ2n) is 4.31. The number of aromatic nitrogens is 3. The lowest BCUT2D eigenvalue weighted by Crippen LogP contribution is -2.37. The zero-order chi connectivity index (χ0) is 15.2. The summed E-state index contributed by atoms with van der Waals surface area (Å²) in [5.41, 5.74) is 0.947. The number of nitrogens with one attached hydrogen (secondary N) is 2. The van der Waals surface area contributed by atoms with Gasteiger partial charge in [-0.2, -0.15) is 5.10 Å². The first-order valence-electron chi connectivity index (χ1n) is 6.31. The topological polar surface area (TPSA) is 67.1 Å². The Bertz CT molecular complexity index is 637. The SMILES string of the molecule is CN=C(NCc1ccc(Cl)cc1Cl)NCc1ncnn1C. The van der Waals surface area contributed by atoms with E-state index in [2.05, 4.69) is 25.7 Å². The third kappa shape index (κ3) is 4.34. The molecule has 21 heavy (non-hydrogen) atoms. The van der Waals surface area contributed by atoms with Gasteiger partial charge in [-0.1, -0.05) is 29.3 Å². The highest BCUT2D eigenvalue weighted by Gasteiger charge is 2.05. The molecule has 0 aliphatic heterocycles. The van der Waals surface area contributed by atoms with Gasteiger partial charge in [0, 0.05) is 30.7 Å². The molecule has 1 aromatic heterocycles. The average molecular weight is 327 g/mol. The minimum atomic E-state index is 0.532. The van der Waals surface area contributed by atoms with Crippen LogP contribution >= 0.6 is 23.2 Å². The molecule has 0 amide bonds. The van der Waals surface area contributed by atoms with Crippen molar-refractivity contribution in [2.75, 3.05) is 7.05 Å². The minimum Gasteiger partial charge on any atom is -0.352 e. The maximum absolute atomic E-state index is 6.13. The second-order valence-corrected chi connectivity index (χ2v) is 5.16. The predicted octanol–water partition coefficient (Wildman–Crippen LogP) is 1.99. The van der Waals surface area contributed by atoms with Crippen molar-refractivity contribution >= 4 is 29.2 Å². The maximum Gasteiger partial charge on any atom is 0.191 e. The van der Waals surface area contributed by atoms with E-state index < -0.39 is 0 Å². The van der Waals surface area contributed by atoms with Gasteiger partial charge < -0.3 is 10.6 Å². The van der Waals surface area contributed by atoms with Gasteiger partial charge in [-0.15, -0.1) is 0 Å². The lowest BCUT2D eigenvalue weighted by molar-refractivity contribution is 0.672. The lowest BCUT2D eigenvalue weighted by Gasteiger charge is -2.12. The van der Waals surface area contributed by atoms with Gasteiger partial charge in [-0.05, 0) is 17.7 Å². The summed E-state index contributed by atoms with van der Waals surface area (Å²) in [5, 5.41) is 11.6. The van der Waals surface area contributed by atoms with Crippen LogP contribution in [0.2, 0.25) is 10.0 Å². The first-order chi connectivity index (χ1) is 10.1. The van der Waals surface area contributed by atoms with Gasteiger partial charge in [-0.3, -0.25) is 9.67 Å². The Morgan fingerprint density at radius 2 is 2.05 bits per heavy atom. The Kier molecular flexibility index (Phi) is 5.41. The van der Waals surface area contributed by atoms with Crippen molar-refractivity contribution < 1.29 is 0 Å². The Labute approximate surface area is 133 Å². The van der Waals surface area contributed by atoms with E-state index in [-0.39, 0.29) is 0 Å². The lowest BCUT2D eigenvalue weighted by atomic mass is 10.2. The van der Waals surface area contributed by atoms with E-state index in [1.807, 2.05) is 13.1 Å². The number of halogens is 2. The Morgan fingerprint density at radius 1 is 1.29 bits per heavy atom. The standard InChI is InChI=1S/C13H16Cl2N6/c1-16-13(18-7-12-19-8-20-21(12)2)17-6-9-3-4-10(14)5-11(9)15/h3-5,8H,6-7H2,1-2H3,(H2,16,17,18). The van der Waals surface area contributed by atoms with Crippen LogP contribution in [0.3, 0.4) is 0 Å². The summed E-state index contributed by atoms with van der Waals surface area (Å²) in [7, 11) is 3.54. The fourth-order valence-electron chi connectivity index (χ4n) is 1.71. The molecule has 0 fully saturated rings.